The molecule has 138 valence electrons. The molecule has 3 fully saturated rings. The van der Waals surface area contributed by atoms with E-state index in [1.165, 1.54) is 0 Å². The molecule has 24 heavy (non-hydrogen) atoms. The molecule has 3 saturated carbocycles. The lowest BCUT2D eigenvalue weighted by Crippen LogP contribution is -2.63. The number of aliphatic carboxylic acids is 1. The molecule has 3 aliphatic carbocycles. The molecule has 0 aromatic heterocycles. The van der Waals surface area contributed by atoms with E-state index in [1.54, 1.807) is 0 Å². The lowest BCUT2D eigenvalue weighted by atomic mass is 9.43. The maximum absolute atomic E-state index is 12.0. The van der Waals surface area contributed by atoms with Crippen molar-refractivity contribution >= 4 is 5.97 Å². The van der Waals surface area contributed by atoms with Crippen molar-refractivity contribution in [2.75, 3.05) is 0 Å². The fraction of sp³-hybridized carbons (Fsp3) is 0.950. The molecule has 7 atom stereocenters. The Hall–Kier alpha value is -0.610. The summed E-state index contributed by atoms with van der Waals surface area (Å²) in [5.74, 6) is -0.0238. The molecule has 0 spiro atoms. The second kappa shape index (κ2) is 5.70. The summed E-state index contributed by atoms with van der Waals surface area (Å²) < 4.78 is 0. The zero-order valence-electron chi connectivity index (χ0n) is 15.6. The van der Waals surface area contributed by atoms with Gasteiger partial charge in [-0.1, -0.05) is 27.2 Å². The van der Waals surface area contributed by atoms with Gasteiger partial charge in [-0.15, -0.1) is 0 Å². The first kappa shape index (κ1) is 18.2. The van der Waals surface area contributed by atoms with Crippen LogP contribution in [0.2, 0.25) is 0 Å². The second-order valence-electron chi connectivity index (χ2n) is 9.61. The standard InChI is InChI=1S/C20H34O4/c1-12(2)20(24)11-8-14-13(16(20)21)6-7-15-18(14,3)9-5-10-19(15,4)17(22)23/h12-16,21,24H,5-11H2,1-4H3,(H,22,23)/t13-,14-,15+,16-,18+,19+,20-/m0/s1. The number of carbonyl (C=O) groups is 1. The molecule has 0 heterocycles. The smallest absolute Gasteiger partial charge is 0.309 e. The van der Waals surface area contributed by atoms with Crippen LogP contribution < -0.4 is 0 Å². The van der Waals surface area contributed by atoms with Gasteiger partial charge in [-0.25, -0.2) is 0 Å². The first-order valence-corrected chi connectivity index (χ1v) is 9.71. The molecule has 3 rings (SSSR count). The third-order valence-corrected chi connectivity index (χ3v) is 8.39. The number of carboxylic acid groups (broad SMARTS) is 1. The van der Waals surface area contributed by atoms with Crippen molar-refractivity contribution in [3.63, 3.8) is 0 Å². The van der Waals surface area contributed by atoms with Gasteiger partial charge >= 0.3 is 5.97 Å². The van der Waals surface area contributed by atoms with Crippen LogP contribution in [0.4, 0.5) is 0 Å². The predicted octanol–water partition coefficient (Wildman–Crippen LogP) is 3.45. The largest absolute Gasteiger partial charge is 0.481 e. The number of carboxylic acids is 1. The molecule has 0 bridgehead atoms. The number of hydrogen-bond acceptors (Lipinski definition) is 3. The van der Waals surface area contributed by atoms with Gasteiger partial charge in [0.15, 0.2) is 0 Å². The van der Waals surface area contributed by atoms with Gasteiger partial charge in [0.1, 0.15) is 0 Å². The molecule has 3 aliphatic rings. The van der Waals surface area contributed by atoms with Crippen molar-refractivity contribution in [3.05, 3.63) is 0 Å². The summed E-state index contributed by atoms with van der Waals surface area (Å²) in [6.45, 7) is 8.17. The topological polar surface area (TPSA) is 77.8 Å². The average Bonchev–Trinajstić information content (AvgIpc) is 2.50. The predicted molar refractivity (Wildman–Crippen MR) is 92.4 cm³/mol. The Kier molecular flexibility index (Phi) is 4.32. The summed E-state index contributed by atoms with van der Waals surface area (Å²) in [6, 6.07) is 0. The van der Waals surface area contributed by atoms with Gasteiger partial charge in [0, 0.05) is 0 Å². The van der Waals surface area contributed by atoms with Crippen molar-refractivity contribution in [3.8, 4) is 0 Å². The van der Waals surface area contributed by atoms with E-state index < -0.39 is 23.1 Å². The Labute approximate surface area is 145 Å². The summed E-state index contributed by atoms with van der Waals surface area (Å²) in [4.78, 5) is 12.0. The van der Waals surface area contributed by atoms with Crippen LogP contribution in [0.25, 0.3) is 0 Å². The van der Waals surface area contributed by atoms with Gasteiger partial charge in [0.2, 0.25) is 0 Å². The van der Waals surface area contributed by atoms with Crippen LogP contribution in [-0.4, -0.2) is 33.0 Å². The Morgan fingerprint density at radius 3 is 2.33 bits per heavy atom. The van der Waals surface area contributed by atoms with Crippen LogP contribution in [-0.2, 0) is 4.79 Å². The number of hydrogen-bond donors (Lipinski definition) is 3. The Bertz CT molecular complexity index is 518. The molecule has 0 aromatic carbocycles. The summed E-state index contributed by atoms with van der Waals surface area (Å²) in [7, 11) is 0. The highest BCUT2D eigenvalue weighted by Crippen LogP contribution is 2.64. The van der Waals surface area contributed by atoms with E-state index in [2.05, 4.69) is 6.92 Å². The van der Waals surface area contributed by atoms with Crippen LogP contribution in [0.15, 0.2) is 0 Å². The van der Waals surface area contributed by atoms with Crippen molar-refractivity contribution in [1.29, 1.82) is 0 Å². The van der Waals surface area contributed by atoms with Crippen molar-refractivity contribution in [2.45, 2.75) is 84.3 Å². The van der Waals surface area contributed by atoms with E-state index in [4.69, 9.17) is 0 Å². The maximum atomic E-state index is 12.0. The van der Waals surface area contributed by atoms with E-state index in [0.717, 1.165) is 38.5 Å². The molecular weight excluding hydrogens is 304 g/mol. The highest BCUT2D eigenvalue weighted by atomic mass is 16.4. The first-order chi connectivity index (χ1) is 11.1. The highest BCUT2D eigenvalue weighted by molar-refractivity contribution is 5.75. The number of aliphatic hydroxyl groups is 2. The zero-order chi connectivity index (χ0) is 17.9. The quantitative estimate of drug-likeness (QED) is 0.720. The third kappa shape index (κ3) is 2.28. The minimum absolute atomic E-state index is 0.0341. The summed E-state index contributed by atoms with van der Waals surface area (Å²) >= 11 is 0. The van der Waals surface area contributed by atoms with Crippen molar-refractivity contribution < 1.29 is 20.1 Å². The van der Waals surface area contributed by atoms with Gasteiger partial charge in [-0.05, 0) is 74.5 Å². The van der Waals surface area contributed by atoms with Crippen LogP contribution >= 0.6 is 0 Å². The normalized spacial score (nSPS) is 51.8. The monoisotopic (exact) mass is 338 g/mol. The molecule has 0 amide bonds. The van der Waals surface area contributed by atoms with Crippen LogP contribution in [0, 0.1) is 34.5 Å². The number of fused-ring (bicyclic) bond motifs is 3. The highest BCUT2D eigenvalue weighted by Gasteiger charge is 2.62. The molecule has 0 unspecified atom stereocenters. The fourth-order valence-corrected chi connectivity index (χ4v) is 6.77. The molecule has 0 radical (unpaired) electrons. The lowest BCUT2D eigenvalue weighted by molar-refractivity contribution is -0.216. The Morgan fingerprint density at radius 2 is 1.75 bits per heavy atom. The van der Waals surface area contributed by atoms with Gasteiger partial charge in [0.25, 0.3) is 0 Å². The first-order valence-electron chi connectivity index (χ1n) is 9.71. The molecule has 4 heteroatoms. The van der Waals surface area contributed by atoms with Crippen LogP contribution in [0.3, 0.4) is 0 Å². The van der Waals surface area contributed by atoms with Gasteiger partial charge in [-0.2, -0.15) is 0 Å². The molecule has 0 aliphatic heterocycles. The van der Waals surface area contributed by atoms with Crippen molar-refractivity contribution in [1.82, 2.24) is 0 Å². The minimum atomic E-state index is -0.991. The maximum Gasteiger partial charge on any atom is 0.309 e. The van der Waals surface area contributed by atoms with E-state index in [-0.39, 0.29) is 23.2 Å². The van der Waals surface area contributed by atoms with Crippen LogP contribution in [0.5, 0.6) is 0 Å². The van der Waals surface area contributed by atoms with Gasteiger partial charge in [-0.3, -0.25) is 4.79 Å². The third-order valence-electron chi connectivity index (χ3n) is 8.39. The average molecular weight is 338 g/mol. The van der Waals surface area contributed by atoms with Gasteiger partial charge in [0.05, 0.1) is 17.1 Å². The summed E-state index contributed by atoms with van der Waals surface area (Å²) in [5.41, 5.74) is -1.67. The zero-order valence-corrected chi connectivity index (χ0v) is 15.6. The molecule has 0 saturated heterocycles. The summed E-state index contributed by atoms with van der Waals surface area (Å²) in [6.07, 6.45) is 5.29. The van der Waals surface area contributed by atoms with E-state index in [9.17, 15) is 20.1 Å². The molecule has 0 aromatic rings. The number of rotatable bonds is 2. The van der Waals surface area contributed by atoms with E-state index in [1.807, 2.05) is 20.8 Å². The van der Waals surface area contributed by atoms with Gasteiger partial charge < -0.3 is 15.3 Å². The van der Waals surface area contributed by atoms with Crippen molar-refractivity contribution in [2.24, 2.45) is 34.5 Å². The Balaban J connectivity index is 1.93. The van der Waals surface area contributed by atoms with E-state index >= 15 is 0 Å². The van der Waals surface area contributed by atoms with E-state index in [0.29, 0.717) is 12.3 Å². The lowest BCUT2D eigenvalue weighted by Gasteiger charge is -2.62. The molecule has 4 nitrogen and oxygen atoms in total. The molecule has 3 N–H and O–H groups in total. The SMILES string of the molecule is CC(C)[C@@]1(O)CC[C@H]2[C@H](CC[C@@H]3[C@]2(C)CCC[C@@]3(C)C(=O)O)[C@@H]1O. The van der Waals surface area contributed by atoms with Crippen LogP contribution in [0.1, 0.15) is 72.6 Å². The number of aliphatic hydroxyl groups excluding tert-OH is 1. The summed E-state index contributed by atoms with van der Waals surface area (Å²) in [5, 5.41) is 31.8. The molecular formula is C20H34O4. The second-order valence-corrected chi connectivity index (χ2v) is 9.61. The Morgan fingerprint density at radius 1 is 1.08 bits per heavy atom. The fourth-order valence-electron chi connectivity index (χ4n) is 6.77. The minimum Gasteiger partial charge on any atom is -0.481 e.